The lowest BCUT2D eigenvalue weighted by molar-refractivity contribution is 1.47. The topological polar surface area (TPSA) is 36.7 Å². The van der Waals surface area contributed by atoms with Crippen LogP contribution in [-0.4, -0.2) is 4.37 Å². The molecule has 0 saturated carbocycles. The summed E-state index contributed by atoms with van der Waals surface area (Å²) in [6.45, 7) is 3.69. The Morgan fingerprint density at radius 1 is 1.38 bits per heavy atom. The van der Waals surface area contributed by atoms with Gasteiger partial charge in [-0.2, -0.15) is 9.64 Å². The zero-order chi connectivity index (χ0) is 11.5. The van der Waals surface area contributed by atoms with E-state index in [4.69, 9.17) is 16.9 Å². The molecule has 0 aliphatic rings. The summed E-state index contributed by atoms with van der Waals surface area (Å²) in [6, 6.07) is 9.81. The van der Waals surface area contributed by atoms with Crippen molar-refractivity contribution in [1.29, 1.82) is 5.26 Å². The highest BCUT2D eigenvalue weighted by Crippen LogP contribution is 2.32. The van der Waals surface area contributed by atoms with Crippen molar-refractivity contribution in [3.8, 4) is 16.5 Å². The van der Waals surface area contributed by atoms with Crippen molar-refractivity contribution in [3.63, 3.8) is 0 Å². The summed E-state index contributed by atoms with van der Waals surface area (Å²) in [5.41, 5.74) is 2.43. The molecule has 0 saturated heterocycles. The van der Waals surface area contributed by atoms with Crippen LogP contribution in [0, 0.1) is 11.3 Å². The Hall–Kier alpha value is -1.63. The van der Waals surface area contributed by atoms with Gasteiger partial charge in [-0.25, -0.2) is 0 Å². The fourth-order valence-electron chi connectivity index (χ4n) is 1.34. The van der Waals surface area contributed by atoms with E-state index in [-0.39, 0.29) is 5.15 Å². The number of nitrogens with zero attached hydrogens (tertiary/aromatic N) is 2. The van der Waals surface area contributed by atoms with Crippen molar-refractivity contribution in [2.75, 3.05) is 0 Å². The summed E-state index contributed by atoms with van der Waals surface area (Å²) in [4.78, 5) is 0.808. The number of hydrogen-bond acceptors (Lipinski definition) is 3. The lowest BCUT2D eigenvalue weighted by atomic mass is 10.1. The first-order chi connectivity index (χ1) is 7.76. The summed E-state index contributed by atoms with van der Waals surface area (Å²) in [5.74, 6) is 0. The SMILES string of the molecule is C=Cc1ccc(-c2snc(Cl)c2C#N)cc1. The predicted molar refractivity (Wildman–Crippen MR) is 67.4 cm³/mol. The maximum absolute atomic E-state index is 8.97. The van der Waals surface area contributed by atoms with Crippen molar-refractivity contribution >= 4 is 29.2 Å². The van der Waals surface area contributed by atoms with Crippen molar-refractivity contribution in [1.82, 2.24) is 4.37 Å². The van der Waals surface area contributed by atoms with E-state index < -0.39 is 0 Å². The Balaban J connectivity index is 2.51. The molecule has 0 radical (unpaired) electrons. The number of aromatic nitrogens is 1. The van der Waals surface area contributed by atoms with Crippen LogP contribution in [0.15, 0.2) is 30.8 Å². The van der Waals surface area contributed by atoms with Crippen molar-refractivity contribution < 1.29 is 0 Å². The summed E-state index contributed by atoms with van der Waals surface area (Å²) in [5, 5.41) is 9.24. The summed E-state index contributed by atoms with van der Waals surface area (Å²) >= 11 is 7.05. The van der Waals surface area contributed by atoms with E-state index in [9.17, 15) is 0 Å². The molecular formula is C12H7ClN2S. The third kappa shape index (κ3) is 1.85. The van der Waals surface area contributed by atoms with Gasteiger partial charge >= 0.3 is 0 Å². The highest BCUT2D eigenvalue weighted by Gasteiger charge is 2.12. The fraction of sp³-hybridized carbons (Fsp3) is 0. The molecule has 2 aromatic rings. The minimum absolute atomic E-state index is 0.273. The molecule has 0 fully saturated rings. The van der Waals surface area contributed by atoms with Gasteiger partial charge in [0, 0.05) is 0 Å². The van der Waals surface area contributed by atoms with Crippen LogP contribution >= 0.6 is 23.1 Å². The van der Waals surface area contributed by atoms with E-state index in [2.05, 4.69) is 17.0 Å². The molecule has 0 atom stereocenters. The molecule has 2 nitrogen and oxygen atoms in total. The molecule has 0 N–H and O–H groups in total. The molecule has 0 spiro atoms. The van der Waals surface area contributed by atoms with Crippen LogP contribution in [0.2, 0.25) is 5.15 Å². The molecular weight excluding hydrogens is 240 g/mol. The second-order valence-electron chi connectivity index (χ2n) is 3.12. The Labute approximate surface area is 103 Å². The van der Waals surface area contributed by atoms with Crippen molar-refractivity contribution in [2.45, 2.75) is 0 Å². The molecule has 2 rings (SSSR count). The minimum atomic E-state index is 0.273. The Morgan fingerprint density at radius 3 is 2.62 bits per heavy atom. The third-order valence-corrected chi connectivity index (χ3v) is 3.44. The van der Waals surface area contributed by atoms with Crippen LogP contribution in [0.5, 0.6) is 0 Å². The molecule has 1 aromatic heterocycles. The van der Waals surface area contributed by atoms with Gasteiger partial charge in [0.2, 0.25) is 0 Å². The number of rotatable bonds is 2. The van der Waals surface area contributed by atoms with Crippen LogP contribution in [0.3, 0.4) is 0 Å². The number of benzene rings is 1. The lowest BCUT2D eigenvalue weighted by Gasteiger charge is -1.98. The Bertz CT molecular complexity index is 564. The van der Waals surface area contributed by atoms with E-state index in [1.807, 2.05) is 24.3 Å². The van der Waals surface area contributed by atoms with Gasteiger partial charge in [-0.3, -0.25) is 0 Å². The highest BCUT2D eigenvalue weighted by atomic mass is 35.5. The first kappa shape index (κ1) is 10.9. The second-order valence-corrected chi connectivity index (χ2v) is 4.25. The molecule has 4 heteroatoms. The first-order valence-corrected chi connectivity index (χ1v) is 5.69. The number of nitriles is 1. The van der Waals surface area contributed by atoms with Gasteiger partial charge < -0.3 is 0 Å². The van der Waals surface area contributed by atoms with Gasteiger partial charge in [-0.15, -0.1) is 0 Å². The van der Waals surface area contributed by atoms with Crippen LogP contribution in [0.25, 0.3) is 16.5 Å². The smallest absolute Gasteiger partial charge is 0.161 e. The summed E-state index contributed by atoms with van der Waals surface area (Å²) in [6.07, 6.45) is 1.77. The van der Waals surface area contributed by atoms with Crippen LogP contribution < -0.4 is 0 Å². The van der Waals surface area contributed by atoms with E-state index in [0.717, 1.165) is 16.0 Å². The summed E-state index contributed by atoms with van der Waals surface area (Å²) in [7, 11) is 0. The van der Waals surface area contributed by atoms with E-state index in [1.165, 1.54) is 11.5 Å². The largest absolute Gasteiger partial charge is 0.192 e. The quantitative estimate of drug-likeness (QED) is 0.804. The van der Waals surface area contributed by atoms with Gasteiger partial charge in [0.15, 0.2) is 5.15 Å². The van der Waals surface area contributed by atoms with E-state index in [1.54, 1.807) is 6.08 Å². The first-order valence-electron chi connectivity index (χ1n) is 4.54. The van der Waals surface area contributed by atoms with E-state index in [0.29, 0.717) is 5.56 Å². The molecule has 1 aromatic carbocycles. The third-order valence-electron chi connectivity index (χ3n) is 2.17. The average molecular weight is 247 g/mol. The van der Waals surface area contributed by atoms with Crippen LogP contribution in [-0.2, 0) is 0 Å². The average Bonchev–Trinajstić information content (AvgIpc) is 2.70. The molecule has 78 valence electrons. The maximum Gasteiger partial charge on any atom is 0.161 e. The van der Waals surface area contributed by atoms with Crippen molar-refractivity contribution in [2.24, 2.45) is 0 Å². The van der Waals surface area contributed by atoms with Gasteiger partial charge in [0.25, 0.3) is 0 Å². The molecule has 0 aliphatic heterocycles. The molecule has 0 bridgehead atoms. The normalized spacial score (nSPS) is 9.75. The molecule has 0 unspecified atom stereocenters. The monoisotopic (exact) mass is 246 g/mol. The second kappa shape index (κ2) is 4.48. The van der Waals surface area contributed by atoms with Crippen LogP contribution in [0.4, 0.5) is 0 Å². The van der Waals surface area contributed by atoms with Crippen LogP contribution in [0.1, 0.15) is 11.1 Å². The molecule has 0 aliphatic carbocycles. The van der Waals surface area contributed by atoms with E-state index >= 15 is 0 Å². The van der Waals surface area contributed by atoms with Crippen molar-refractivity contribution in [3.05, 3.63) is 47.1 Å². The van der Waals surface area contributed by atoms with Gasteiger partial charge in [0.05, 0.1) is 4.88 Å². The zero-order valence-corrected chi connectivity index (χ0v) is 9.85. The maximum atomic E-state index is 8.97. The Morgan fingerprint density at radius 2 is 2.06 bits per heavy atom. The predicted octanol–water partition coefficient (Wildman–Crippen LogP) is 3.98. The zero-order valence-electron chi connectivity index (χ0n) is 8.27. The standard InChI is InChI=1S/C12H7ClN2S/c1-2-8-3-5-9(6-4-8)11-10(7-14)12(13)15-16-11/h2-6H,1H2. The minimum Gasteiger partial charge on any atom is -0.192 e. The molecule has 16 heavy (non-hydrogen) atoms. The van der Waals surface area contributed by atoms with Gasteiger partial charge in [-0.1, -0.05) is 48.5 Å². The Kier molecular flexibility index (Phi) is 3.04. The number of halogens is 1. The lowest BCUT2D eigenvalue weighted by Crippen LogP contribution is -1.78. The fourth-order valence-corrected chi connectivity index (χ4v) is 2.37. The molecule has 1 heterocycles. The molecule has 0 amide bonds. The van der Waals surface area contributed by atoms with Gasteiger partial charge in [-0.05, 0) is 22.7 Å². The highest BCUT2D eigenvalue weighted by molar-refractivity contribution is 7.10. The summed E-state index contributed by atoms with van der Waals surface area (Å²) < 4.78 is 3.97. The number of hydrogen-bond donors (Lipinski definition) is 0. The van der Waals surface area contributed by atoms with Gasteiger partial charge in [0.1, 0.15) is 11.6 Å².